The number of urea groups is 1. The van der Waals surface area contributed by atoms with E-state index in [0.29, 0.717) is 11.6 Å². The van der Waals surface area contributed by atoms with Gasteiger partial charge >= 0.3 is 6.03 Å². The molecule has 2 aromatic carbocycles. The minimum absolute atomic E-state index is 0.149. The molecule has 0 atom stereocenters. The van der Waals surface area contributed by atoms with Crippen molar-refractivity contribution in [3.8, 4) is 0 Å². The molecule has 6 nitrogen and oxygen atoms in total. The highest BCUT2D eigenvalue weighted by Gasteiger charge is 2.14. The van der Waals surface area contributed by atoms with Crippen molar-refractivity contribution in [2.24, 2.45) is 0 Å². The number of carbonyl (C=O) groups is 1. The molecule has 0 fully saturated rings. The minimum atomic E-state index is -0.547. The van der Waals surface area contributed by atoms with Gasteiger partial charge in [-0.2, -0.15) is 0 Å². The molecule has 108 valence electrons. The van der Waals surface area contributed by atoms with Crippen LogP contribution in [0, 0.1) is 10.1 Å². The van der Waals surface area contributed by atoms with E-state index in [4.69, 9.17) is 11.6 Å². The molecule has 0 aromatic heterocycles. The number of hydrogen-bond acceptors (Lipinski definition) is 3. The summed E-state index contributed by atoms with van der Waals surface area (Å²) < 4.78 is 0. The van der Waals surface area contributed by atoms with Crippen LogP contribution in [0.5, 0.6) is 0 Å². The van der Waals surface area contributed by atoms with Crippen LogP contribution in [0.2, 0.25) is 5.02 Å². The lowest BCUT2D eigenvalue weighted by atomic mass is 10.2. The van der Waals surface area contributed by atoms with E-state index in [0.717, 1.165) is 5.56 Å². The molecular formula is C14H12ClN3O3. The normalized spacial score (nSPS) is 9.95. The first-order valence-corrected chi connectivity index (χ1v) is 6.47. The highest BCUT2D eigenvalue weighted by Crippen LogP contribution is 2.22. The van der Waals surface area contributed by atoms with Crippen LogP contribution >= 0.6 is 11.6 Å². The fourth-order valence-electron chi connectivity index (χ4n) is 1.69. The Kier molecular flexibility index (Phi) is 4.73. The Bertz CT molecular complexity index is 659. The average Bonchev–Trinajstić information content (AvgIpc) is 2.47. The number of carbonyl (C=O) groups excluding carboxylic acids is 1. The maximum Gasteiger partial charge on any atom is 0.319 e. The zero-order valence-electron chi connectivity index (χ0n) is 10.9. The Morgan fingerprint density at radius 1 is 1.14 bits per heavy atom. The van der Waals surface area contributed by atoms with Crippen molar-refractivity contribution < 1.29 is 9.72 Å². The third-order valence-corrected chi connectivity index (χ3v) is 2.97. The highest BCUT2D eigenvalue weighted by atomic mass is 35.5. The van der Waals surface area contributed by atoms with E-state index in [1.54, 1.807) is 30.3 Å². The Morgan fingerprint density at radius 3 is 2.48 bits per heavy atom. The lowest BCUT2D eigenvalue weighted by Gasteiger charge is -2.08. The quantitative estimate of drug-likeness (QED) is 0.669. The Hall–Kier alpha value is -2.60. The average molecular weight is 306 g/mol. The maximum absolute atomic E-state index is 11.8. The van der Waals surface area contributed by atoms with E-state index in [1.165, 1.54) is 18.2 Å². The van der Waals surface area contributed by atoms with E-state index < -0.39 is 11.0 Å². The van der Waals surface area contributed by atoms with Gasteiger partial charge in [-0.3, -0.25) is 10.1 Å². The summed E-state index contributed by atoms with van der Waals surface area (Å²) >= 11 is 5.77. The van der Waals surface area contributed by atoms with Gasteiger partial charge in [-0.05, 0) is 23.8 Å². The van der Waals surface area contributed by atoms with Crippen LogP contribution in [-0.4, -0.2) is 11.0 Å². The van der Waals surface area contributed by atoms with Crippen molar-refractivity contribution in [2.45, 2.75) is 6.54 Å². The lowest BCUT2D eigenvalue weighted by molar-refractivity contribution is -0.383. The van der Waals surface area contributed by atoms with Crippen molar-refractivity contribution in [3.63, 3.8) is 0 Å². The van der Waals surface area contributed by atoms with Gasteiger partial charge in [0.05, 0.1) is 4.92 Å². The van der Waals surface area contributed by atoms with Crippen molar-refractivity contribution in [3.05, 3.63) is 69.2 Å². The summed E-state index contributed by atoms with van der Waals surface area (Å²) in [6.45, 7) is 0.295. The first kappa shape index (κ1) is 14.8. The number of benzene rings is 2. The van der Waals surface area contributed by atoms with Crippen molar-refractivity contribution in [1.29, 1.82) is 0 Å². The van der Waals surface area contributed by atoms with Crippen LogP contribution in [-0.2, 0) is 6.54 Å². The molecule has 0 aliphatic heterocycles. The molecule has 2 N–H and O–H groups in total. The van der Waals surface area contributed by atoms with Crippen LogP contribution in [0.3, 0.4) is 0 Å². The number of anilines is 1. The SMILES string of the molecule is O=C(NCc1ccc(Cl)cc1)Nc1ccccc1[N+](=O)[O-]. The van der Waals surface area contributed by atoms with Gasteiger partial charge in [0.15, 0.2) is 0 Å². The van der Waals surface area contributed by atoms with Crippen LogP contribution in [0.4, 0.5) is 16.2 Å². The maximum atomic E-state index is 11.8. The minimum Gasteiger partial charge on any atom is -0.334 e. The van der Waals surface area contributed by atoms with Crippen LogP contribution in [0.15, 0.2) is 48.5 Å². The second kappa shape index (κ2) is 6.71. The fourth-order valence-corrected chi connectivity index (χ4v) is 1.82. The molecule has 2 aromatic rings. The number of rotatable bonds is 4. The summed E-state index contributed by atoms with van der Waals surface area (Å²) in [6.07, 6.45) is 0. The van der Waals surface area contributed by atoms with Gasteiger partial charge in [0.25, 0.3) is 5.69 Å². The largest absolute Gasteiger partial charge is 0.334 e. The Balaban J connectivity index is 1.96. The predicted molar refractivity (Wildman–Crippen MR) is 80.4 cm³/mol. The number of hydrogen-bond donors (Lipinski definition) is 2. The first-order valence-electron chi connectivity index (χ1n) is 6.09. The van der Waals surface area contributed by atoms with Gasteiger partial charge in [0.2, 0.25) is 0 Å². The molecule has 0 saturated carbocycles. The van der Waals surface area contributed by atoms with Crippen LogP contribution in [0.25, 0.3) is 0 Å². The molecule has 0 aliphatic rings. The van der Waals surface area contributed by atoms with Gasteiger partial charge < -0.3 is 10.6 Å². The van der Waals surface area contributed by atoms with E-state index in [1.807, 2.05) is 0 Å². The summed E-state index contributed by atoms with van der Waals surface area (Å²) in [5.74, 6) is 0. The Labute approximate surface area is 125 Å². The summed E-state index contributed by atoms with van der Waals surface area (Å²) in [4.78, 5) is 22.0. The fraction of sp³-hybridized carbons (Fsp3) is 0.0714. The molecule has 21 heavy (non-hydrogen) atoms. The number of nitro groups is 1. The second-order valence-electron chi connectivity index (χ2n) is 4.21. The molecule has 2 rings (SSSR count). The number of para-hydroxylation sites is 2. The van der Waals surface area contributed by atoms with Crippen LogP contribution in [0.1, 0.15) is 5.56 Å². The molecule has 0 aliphatic carbocycles. The highest BCUT2D eigenvalue weighted by molar-refractivity contribution is 6.30. The molecule has 2 amide bonds. The summed E-state index contributed by atoms with van der Waals surface area (Å²) in [5, 5.41) is 16.5. The standard InChI is InChI=1S/C14H12ClN3O3/c15-11-7-5-10(6-8-11)9-16-14(19)17-12-3-1-2-4-13(12)18(20)21/h1-8H,9H2,(H2,16,17,19). The number of halogens is 1. The molecule has 0 radical (unpaired) electrons. The van der Waals surface area contributed by atoms with E-state index in [2.05, 4.69) is 10.6 Å². The van der Waals surface area contributed by atoms with Crippen molar-refractivity contribution in [1.82, 2.24) is 5.32 Å². The van der Waals surface area contributed by atoms with E-state index >= 15 is 0 Å². The van der Waals surface area contributed by atoms with Gasteiger partial charge in [-0.25, -0.2) is 4.79 Å². The summed E-state index contributed by atoms with van der Waals surface area (Å²) in [5.41, 5.74) is 0.868. The number of nitro benzene ring substituents is 1. The summed E-state index contributed by atoms with van der Waals surface area (Å²) in [7, 11) is 0. The third kappa shape index (κ3) is 4.19. The van der Waals surface area contributed by atoms with E-state index in [9.17, 15) is 14.9 Å². The number of amides is 2. The molecule has 0 spiro atoms. The smallest absolute Gasteiger partial charge is 0.319 e. The third-order valence-electron chi connectivity index (χ3n) is 2.72. The van der Waals surface area contributed by atoms with Crippen molar-refractivity contribution >= 4 is 29.0 Å². The van der Waals surface area contributed by atoms with Crippen molar-refractivity contribution in [2.75, 3.05) is 5.32 Å². The van der Waals surface area contributed by atoms with Gasteiger partial charge in [0.1, 0.15) is 5.69 Å². The second-order valence-corrected chi connectivity index (χ2v) is 4.64. The predicted octanol–water partition coefficient (Wildman–Crippen LogP) is 3.57. The monoisotopic (exact) mass is 305 g/mol. The zero-order valence-corrected chi connectivity index (χ0v) is 11.6. The molecule has 7 heteroatoms. The topological polar surface area (TPSA) is 84.3 Å². The van der Waals surface area contributed by atoms with Gasteiger partial charge in [0, 0.05) is 17.6 Å². The molecule has 0 bridgehead atoms. The molecular weight excluding hydrogens is 294 g/mol. The molecule has 0 saturated heterocycles. The van der Waals surface area contributed by atoms with Gasteiger partial charge in [-0.15, -0.1) is 0 Å². The van der Waals surface area contributed by atoms with Crippen LogP contribution < -0.4 is 10.6 Å². The summed E-state index contributed by atoms with van der Waals surface area (Å²) in [6, 6.07) is 12.4. The first-order chi connectivity index (χ1) is 10.1. The number of nitrogens with one attached hydrogen (secondary N) is 2. The number of nitrogens with zero attached hydrogens (tertiary/aromatic N) is 1. The van der Waals surface area contributed by atoms with E-state index in [-0.39, 0.29) is 11.4 Å². The lowest BCUT2D eigenvalue weighted by Crippen LogP contribution is -2.28. The zero-order chi connectivity index (χ0) is 15.2. The molecule has 0 unspecified atom stereocenters. The molecule has 0 heterocycles. The van der Waals surface area contributed by atoms with Gasteiger partial charge in [-0.1, -0.05) is 35.9 Å². The Morgan fingerprint density at radius 2 is 1.81 bits per heavy atom.